The Morgan fingerprint density at radius 1 is 1.53 bits per heavy atom. The van der Waals surface area contributed by atoms with Crippen LogP contribution in [0.4, 0.5) is 0 Å². The quantitative estimate of drug-likeness (QED) is 0.668. The van der Waals surface area contributed by atoms with Crippen molar-refractivity contribution >= 4 is 17.8 Å². The van der Waals surface area contributed by atoms with Crippen LogP contribution in [0, 0.1) is 5.92 Å². The zero-order chi connectivity index (χ0) is 12.8. The summed E-state index contributed by atoms with van der Waals surface area (Å²) < 4.78 is 4.61. The largest absolute Gasteiger partial charge is 0.469 e. The third-order valence-corrected chi connectivity index (χ3v) is 2.91. The van der Waals surface area contributed by atoms with E-state index in [2.05, 4.69) is 4.74 Å². The minimum Gasteiger partial charge on any atom is -0.469 e. The fraction of sp³-hybridized carbons (Fsp3) is 0.727. The summed E-state index contributed by atoms with van der Waals surface area (Å²) >= 11 is 0. The number of nitrogens with two attached hydrogens (primary N) is 1. The zero-order valence-electron chi connectivity index (χ0n) is 9.98. The second kappa shape index (κ2) is 6.22. The number of likely N-dealkylation sites (tertiary alicyclic amines) is 1. The molecule has 0 aromatic heterocycles. The number of ether oxygens (including phenoxy) is 1. The van der Waals surface area contributed by atoms with Crippen molar-refractivity contribution in [2.45, 2.75) is 25.7 Å². The molecule has 0 spiro atoms. The van der Waals surface area contributed by atoms with Crippen molar-refractivity contribution in [3.8, 4) is 0 Å². The van der Waals surface area contributed by atoms with Gasteiger partial charge in [-0.05, 0) is 12.8 Å². The molecular weight excluding hydrogens is 224 g/mol. The van der Waals surface area contributed by atoms with Crippen molar-refractivity contribution in [1.29, 1.82) is 0 Å². The molecule has 0 aromatic rings. The van der Waals surface area contributed by atoms with E-state index in [1.165, 1.54) is 7.11 Å². The van der Waals surface area contributed by atoms with Crippen molar-refractivity contribution in [1.82, 2.24) is 4.90 Å². The van der Waals surface area contributed by atoms with Crippen LogP contribution in [-0.2, 0) is 19.1 Å². The van der Waals surface area contributed by atoms with E-state index in [0.29, 0.717) is 25.9 Å². The van der Waals surface area contributed by atoms with Gasteiger partial charge in [-0.15, -0.1) is 0 Å². The number of hydrogen-bond donors (Lipinski definition) is 1. The molecule has 1 rings (SSSR count). The smallest absolute Gasteiger partial charge is 0.309 e. The third-order valence-electron chi connectivity index (χ3n) is 2.91. The second-order valence-corrected chi connectivity index (χ2v) is 4.16. The summed E-state index contributed by atoms with van der Waals surface area (Å²) in [6.45, 7) is 1.06. The number of methoxy groups -OCH3 is 1. The monoisotopic (exact) mass is 242 g/mol. The van der Waals surface area contributed by atoms with E-state index >= 15 is 0 Å². The highest BCUT2D eigenvalue weighted by Gasteiger charge is 2.30. The molecule has 2 amide bonds. The van der Waals surface area contributed by atoms with E-state index in [1.807, 2.05) is 0 Å². The number of nitrogens with zero attached hydrogens (tertiary/aromatic N) is 1. The van der Waals surface area contributed by atoms with Crippen LogP contribution in [0.1, 0.15) is 25.7 Å². The molecule has 1 atom stereocenters. The van der Waals surface area contributed by atoms with Gasteiger partial charge in [-0.1, -0.05) is 0 Å². The molecule has 0 bridgehead atoms. The maximum Gasteiger partial charge on any atom is 0.309 e. The van der Waals surface area contributed by atoms with Gasteiger partial charge in [-0.3, -0.25) is 14.4 Å². The number of esters is 1. The van der Waals surface area contributed by atoms with E-state index in [1.54, 1.807) is 4.90 Å². The average molecular weight is 242 g/mol. The van der Waals surface area contributed by atoms with Crippen molar-refractivity contribution < 1.29 is 19.1 Å². The minimum absolute atomic E-state index is 0.0591. The number of carbonyl (C=O) groups excluding carboxylic acids is 3. The predicted molar refractivity (Wildman–Crippen MR) is 59.7 cm³/mol. The minimum atomic E-state index is -0.359. The fourth-order valence-corrected chi connectivity index (χ4v) is 1.93. The Morgan fingerprint density at radius 3 is 2.76 bits per heavy atom. The lowest BCUT2D eigenvalue weighted by molar-refractivity contribution is -0.152. The number of carbonyl (C=O) groups is 3. The lowest BCUT2D eigenvalue weighted by Gasteiger charge is -2.30. The van der Waals surface area contributed by atoms with Crippen LogP contribution in [0.25, 0.3) is 0 Å². The topological polar surface area (TPSA) is 89.7 Å². The van der Waals surface area contributed by atoms with E-state index in [4.69, 9.17) is 5.73 Å². The SMILES string of the molecule is COC(=O)C1CCN(CCCC(N)=O)C(=O)C1. The first-order valence-electron chi connectivity index (χ1n) is 5.68. The van der Waals surface area contributed by atoms with E-state index in [-0.39, 0.29) is 36.5 Å². The second-order valence-electron chi connectivity index (χ2n) is 4.16. The summed E-state index contributed by atoms with van der Waals surface area (Å²) in [5, 5.41) is 0. The van der Waals surface area contributed by atoms with Crippen molar-refractivity contribution in [3.05, 3.63) is 0 Å². The molecule has 1 aliphatic heterocycles. The lowest BCUT2D eigenvalue weighted by atomic mass is 9.96. The first kappa shape index (κ1) is 13.5. The molecular formula is C11H18N2O4. The molecule has 1 heterocycles. The lowest BCUT2D eigenvalue weighted by Crippen LogP contribution is -2.41. The predicted octanol–water partition coefficient (Wildman–Crippen LogP) is -0.336. The molecule has 1 fully saturated rings. The van der Waals surface area contributed by atoms with Crippen LogP contribution in [-0.4, -0.2) is 42.9 Å². The summed E-state index contributed by atoms with van der Waals surface area (Å²) in [6, 6.07) is 0. The molecule has 0 radical (unpaired) electrons. The van der Waals surface area contributed by atoms with Crippen LogP contribution < -0.4 is 5.73 Å². The molecule has 0 aromatic carbocycles. The first-order valence-corrected chi connectivity index (χ1v) is 5.68. The zero-order valence-corrected chi connectivity index (χ0v) is 9.98. The van der Waals surface area contributed by atoms with Gasteiger partial charge in [0.15, 0.2) is 0 Å². The maximum atomic E-state index is 11.7. The van der Waals surface area contributed by atoms with E-state index in [9.17, 15) is 14.4 Å². The summed E-state index contributed by atoms with van der Waals surface area (Å²) in [6.07, 6.45) is 1.67. The molecule has 1 aliphatic rings. The Hall–Kier alpha value is -1.59. The molecule has 1 saturated heterocycles. The van der Waals surface area contributed by atoms with Gasteiger partial charge in [0.1, 0.15) is 0 Å². The van der Waals surface area contributed by atoms with Gasteiger partial charge in [0, 0.05) is 25.9 Å². The highest BCUT2D eigenvalue weighted by Crippen LogP contribution is 2.19. The number of rotatable bonds is 5. The highest BCUT2D eigenvalue weighted by atomic mass is 16.5. The molecule has 1 unspecified atom stereocenters. The van der Waals surface area contributed by atoms with Crippen LogP contribution in [0.15, 0.2) is 0 Å². The molecule has 17 heavy (non-hydrogen) atoms. The Balaban J connectivity index is 2.35. The number of hydrogen-bond acceptors (Lipinski definition) is 4. The van der Waals surface area contributed by atoms with Gasteiger partial charge in [-0.25, -0.2) is 0 Å². The van der Waals surface area contributed by atoms with Crippen molar-refractivity contribution in [2.75, 3.05) is 20.2 Å². The van der Waals surface area contributed by atoms with Crippen LogP contribution >= 0.6 is 0 Å². The van der Waals surface area contributed by atoms with Crippen LogP contribution in [0.5, 0.6) is 0 Å². The average Bonchev–Trinajstić information content (AvgIpc) is 2.29. The molecule has 0 aliphatic carbocycles. The fourth-order valence-electron chi connectivity index (χ4n) is 1.93. The Labute approximate surface area is 100 Å². The van der Waals surface area contributed by atoms with Gasteiger partial charge >= 0.3 is 5.97 Å². The number of amides is 2. The van der Waals surface area contributed by atoms with Crippen LogP contribution in [0.2, 0.25) is 0 Å². The molecule has 96 valence electrons. The van der Waals surface area contributed by atoms with Crippen molar-refractivity contribution in [3.63, 3.8) is 0 Å². The summed E-state index contributed by atoms with van der Waals surface area (Å²) in [5.41, 5.74) is 5.02. The molecule has 6 heteroatoms. The summed E-state index contributed by atoms with van der Waals surface area (Å²) in [4.78, 5) is 35.2. The Bertz CT molecular complexity index is 317. The maximum absolute atomic E-state index is 11.7. The third kappa shape index (κ3) is 4.05. The van der Waals surface area contributed by atoms with Gasteiger partial charge in [0.05, 0.1) is 13.0 Å². The molecule has 2 N–H and O–H groups in total. The van der Waals surface area contributed by atoms with Gasteiger partial charge in [-0.2, -0.15) is 0 Å². The van der Waals surface area contributed by atoms with E-state index < -0.39 is 0 Å². The standard InChI is InChI=1S/C11H18N2O4/c1-17-11(16)8-4-6-13(10(15)7-8)5-2-3-9(12)14/h8H,2-7H2,1H3,(H2,12,14). The van der Waals surface area contributed by atoms with Gasteiger partial charge < -0.3 is 15.4 Å². The van der Waals surface area contributed by atoms with Crippen LogP contribution in [0.3, 0.4) is 0 Å². The van der Waals surface area contributed by atoms with E-state index in [0.717, 1.165) is 0 Å². The molecule has 0 saturated carbocycles. The summed E-state index contributed by atoms with van der Waals surface area (Å²) in [7, 11) is 1.33. The number of piperidine rings is 1. The first-order chi connectivity index (χ1) is 8.04. The highest BCUT2D eigenvalue weighted by molar-refractivity contribution is 5.84. The normalized spacial score (nSPS) is 20.2. The molecule has 6 nitrogen and oxygen atoms in total. The summed E-state index contributed by atoms with van der Waals surface area (Å²) in [5.74, 6) is -1.06. The van der Waals surface area contributed by atoms with Gasteiger partial charge in [0.2, 0.25) is 11.8 Å². The number of primary amides is 1. The Kier molecular flexibility index (Phi) is 4.93. The van der Waals surface area contributed by atoms with Crippen molar-refractivity contribution in [2.24, 2.45) is 11.7 Å². The Morgan fingerprint density at radius 2 is 2.24 bits per heavy atom. The van der Waals surface area contributed by atoms with Gasteiger partial charge in [0.25, 0.3) is 0 Å².